The number of thiophene rings is 1. The van der Waals surface area contributed by atoms with Crippen LogP contribution in [-0.2, 0) is 11.2 Å². The molecule has 3 heterocycles. The normalized spacial score (nSPS) is 10.9. The molecule has 0 saturated carbocycles. The first kappa shape index (κ1) is 18.1. The monoisotopic (exact) mass is 392 g/mol. The van der Waals surface area contributed by atoms with Gasteiger partial charge in [0.05, 0.1) is 10.6 Å². The first-order valence-corrected chi connectivity index (χ1v) is 9.87. The summed E-state index contributed by atoms with van der Waals surface area (Å²) in [6, 6.07) is 13.7. The van der Waals surface area contributed by atoms with E-state index in [0.717, 1.165) is 27.0 Å². The second-order valence-corrected chi connectivity index (χ2v) is 7.54. The molecular formula is C21H20N4O2S. The van der Waals surface area contributed by atoms with Crippen LogP contribution in [-0.4, -0.2) is 21.8 Å². The summed E-state index contributed by atoms with van der Waals surface area (Å²) in [7, 11) is 0. The molecule has 28 heavy (non-hydrogen) atoms. The standard InChI is InChI=1S/C21H20N4O2S/c1-13-6-8-16-15(12-13)14(20(23-16)18-5-3-11-28-18)7-9-19(26)24-25-21(27)17-4-2-10-22-17/h2-6,8,10-12,22-23H,7,9H2,1H3,(H,24,26)(H,25,27). The second kappa shape index (κ2) is 7.74. The van der Waals surface area contributed by atoms with Gasteiger partial charge in [-0.3, -0.25) is 20.4 Å². The Hall–Kier alpha value is -3.32. The summed E-state index contributed by atoms with van der Waals surface area (Å²) < 4.78 is 0. The van der Waals surface area contributed by atoms with Crippen molar-refractivity contribution in [2.24, 2.45) is 0 Å². The summed E-state index contributed by atoms with van der Waals surface area (Å²) in [6.45, 7) is 2.06. The Morgan fingerprint density at radius 2 is 2.00 bits per heavy atom. The number of fused-ring (bicyclic) bond motifs is 1. The Kier molecular flexibility index (Phi) is 4.99. The second-order valence-electron chi connectivity index (χ2n) is 6.59. The predicted octanol–water partition coefficient (Wildman–Crippen LogP) is 3.93. The highest BCUT2D eigenvalue weighted by atomic mass is 32.1. The van der Waals surface area contributed by atoms with Crippen molar-refractivity contribution in [3.05, 3.63) is 70.9 Å². The number of carbonyl (C=O) groups excluding carboxylic acids is 2. The number of rotatable bonds is 5. The molecule has 4 aromatic rings. The van der Waals surface area contributed by atoms with Crippen molar-refractivity contribution >= 4 is 34.1 Å². The molecular weight excluding hydrogens is 372 g/mol. The van der Waals surface area contributed by atoms with E-state index < -0.39 is 0 Å². The first-order valence-electron chi connectivity index (χ1n) is 8.99. The molecule has 0 bridgehead atoms. The van der Waals surface area contributed by atoms with Gasteiger partial charge in [0.25, 0.3) is 5.91 Å². The Bertz CT molecular complexity index is 1110. The van der Waals surface area contributed by atoms with Crippen molar-refractivity contribution in [2.45, 2.75) is 19.8 Å². The topological polar surface area (TPSA) is 89.8 Å². The maximum absolute atomic E-state index is 12.3. The Morgan fingerprint density at radius 1 is 1.11 bits per heavy atom. The summed E-state index contributed by atoms with van der Waals surface area (Å²) >= 11 is 1.66. The molecule has 4 N–H and O–H groups in total. The van der Waals surface area contributed by atoms with Gasteiger partial charge in [0.15, 0.2) is 0 Å². The minimum absolute atomic E-state index is 0.237. The highest BCUT2D eigenvalue weighted by molar-refractivity contribution is 7.13. The smallest absolute Gasteiger partial charge is 0.286 e. The fourth-order valence-electron chi connectivity index (χ4n) is 3.22. The quantitative estimate of drug-likeness (QED) is 0.388. The Labute approximate surface area is 166 Å². The zero-order valence-corrected chi connectivity index (χ0v) is 16.2. The van der Waals surface area contributed by atoms with Crippen molar-refractivity contribution in [1.29, 1.82) is 0 Å². The van der Waals surface area contributed by atoms with Gasteiger partial charge in [0.2, 0.25) is 5.91 Å². The third kappa shape index (κ3) is 3.70. The summed E-state index contributed by atoms with van der Waals surface area (Å²) in [6.07, 6.45) is 2.49. The summed E-state index contributed by atoms with van der Waals surface area (Å²) in [4.78, 5) is 31.6. The van der Waals surface area contributed by atoms with E-state index in [-0.39, 0.29) is 18.2 Å². The van der Waals surface area contributed by atoms with E-state index in [1.807, 2.05) is 11.4 Å². The van der Waals surface area contributed by atoms with Crippen molar-refractivity contribution in [3.63, 3.8) is 0 Å². The SMILES string of the molecule is Cc1ccc2[nH]c(-c3cccs3)c(CCC(=O)NNC(=O)c3ccc[nH]3)c2c1. The molecule has 0 radical (unpaired) electrons. The molecule has 0 atom stereocenters. The molecule has 0 fully saturated rings. The van der Waals surface area contributed by atoms with Gasteiger partial charge < -0.3 is 9.97 Å². The Balaban J connectivity index is 1.49. The van der Waals surface area contributed by atoms with Crippen molar-refractivity contribution in [1.82, 2.24) is 20.8 Å². The first-order chi connectivity index (χ1) is 13.6. The van der Waals surface area contributed by atoms with Crippen LogP contribution in [0, 0.1) is 6.92 Å². The number of hydrogen-bond acceptors (Lipinski definition) is 3. The maximum Gasteiger partial charge on any atom is 0.286 e. The molecule has 2 amide bonds. The number of aromatic nitrogens is 2. The van der Waals surface area contributed by atoms with Crippen LogP contribution in [0.1, 0.15) is 28.0 Å². The molecule has 142 valence electrons. The zero-order valence-electron chi connectivity index (χ0n) is 15.3. The number of amides is 2. The minimum atomic E-state index is -0.375. The van der Waals surface area contributed by atoms with Gasteiger partial charge in [-0.2, -0.15) is 0 Å². The lowest BCUT2D eigenvalue weighted by Gasteiger charge is -2.07. The maximum atomic E-state index is 12.3. The molecule has 1 aromatic carbocycles. The van der Waals surface area contributed by atoms with Gasteiger partial charge in [0.1, 0.15) is 5.69 Å². The third-order valence-electron chi connectivity index (χ3n) is 4.59. The van der Waals surface area contributed by atoms with Crippen LogP contribution >= 0.6 is 11.3 Å². The van der Waals surface area contributed by atoms with Crippen LogP contribution < -0.4 is 10.9 Å². The summed E-state index contributed by atoms with van der Waals surface area (Å²) in [5.41, 5.74) is 9.71. The number of aromatic amines is 2. The minimum Gasteiger partial charge on any atom is -0.357 e. The molecule has 0 aliphatic rings. The van der Waals surface area contributed by atoms with E-state index >= 15 is 0 Å². The van der Waals surface area contributed by atoms with Crippen LogP contribution in [0.5, 0.6) is 0 Å². The number of carbonyl (C=O) groups is 2. The van der Waals surface area contributed by atoms with Crippen molar-refractivity contribution in [2.75, 3.05) is 0 Å². The largest absolute Gasteiger partial charge is 0.357 e. The van der Waals surface area contributed by atoms with Crippen LogP contribution in [0.25, 0.3) is 21.5 Å². The molecule has 4 rings (SSSR count). The number of benzene rings is 1. The number of aryl methyl sites for hydroxylation is 2. The molecule has 6 nitrogen and oxygen atoms in total. The number of hydrogen-bond donors (Lipinski definition) is 4. The summed E-state index contributed by atoms with van der Waals surface area (Å²) in [5, 5.41) is 3.17. The van der Waals surface area contributed by atoms with E-state index in [1.165, 1.54) is 5.56 Å². The average Bonchev–Trinajstić information content (AvgIpc) is 3.44. The lowest BCUT2D eigenvalue weighted by molar-refractivity contribution is -0.121. The lowest BCUT2D eigenvalue weighted by Crippen LogP contribution is -2.41. The van der Waals surface area contributed by atoms with Gasteiger partial charge in [-0.15, -0.1) is 11.3 Å². The lowest BCUT2D eigenvalue weighted by atomic mass is 10.0. The van der Waals surface area contributed by atoms with Crippen molar-refractivity contribution in [3.8, 4) is 10.6 Å². The van der Waals surface area contributed by atoms with Crippen molar-refractivity contribution < 1.29 is 9.59 Å². The molecule has 0 saturated heterocycles. The molecule has 0 unspecified atom stereocenters. The highest BCUT2D eigenvalue weighted by Crippen LogP contribution is 2.34. The molecule has 0 aliphatic heterocycles. The Morgan fingerprint density at radius 3 is 2.75 bits per heavy atom. The molecule has 0 aliphatic carbocycles. The van der Waals surface area contributed by atoms with Gasteiger partial charge in [-0.25, -0.2) is 0 Å². The zero-order chi connectivity index (χ0) is 19.5. The average molecular weight is 392 g/mol. The number of hydrazine groups is 1. The highest BCUT2D eigenvalue weighted by Gasteiger charge is 2.16. The number of H-pyrrole nitrogens is 2. The van der Waals surface area contributed by atoms with E-state index in [4.69, 9.17) is 0 Å². The van der Waals surface area contributed by atoms with Crippen LogP contribution in [0.3, 0.4) is 0 Å². The fraction of sp³-hybridized carbons (Fsp3) is 0.143. The van der Waals surface area contributed by atoms with Gasteiger partial charge >= 0.3 is 0 Å². The van der Waals surface area contributed by atoms with Crippen LogP contribution in [0.4, 0.5) is 0 Å². The fourth-order valence-corrected chi connectivity index (χ4v) is 3.97. The van der Waals surface area contributed by atoms with E-state index in [2.05, 4.69) is 52.0 Å². The van der Waals surface area contributed by atoms with Gasteiger partial charge in [-0.05, 0) is 54.6 Å². The van der Waals surface area contributed by atoms with Crippen LogP contribution in [0.2, 0.25) is 0 Å². The van der Waals surface area contributed by atoms with Gasteiger partial charge in [0, 0.05) is 23.5 Å². The van der Waals surface area contributed by atoms with Gasteiger partial charge in [-0.1, -0.05) is 17.7 Å². The molecule has 3 aromatic heterocycles. The third-order valence-corrected chi connectivity index (χ3v) is 5.48. The summed E-state index contributed by atoms with van der Waals surface area (Å²) in [5.74, 6) is -0.612. The van der Waals surface area contributed by atoms with E-state index in [0.29, 0.717) is 12.1 Å². The van der Waals surface area contributed by atoms with E-state index in [1.54, 1.807) is 29.7 Å². The van der Waals surface area contributed by atoms with E-state index in [9.17, 15) is 9.59 Å². The number of nitrogens with one attached hydrogen (secondary N) is 4. The molecule has 0 spiro atoms. The molecule has 7 heteroatoms. The van der Waals surface area contributed by atoms with Crippen LogP contribution in [0.15, 0.2) is 54.0 Å². The predicted molar refractivity (Wildman–Crippen MR) is 111 cm³/mol.